The van der Waals surface area contributed by atoms with Crippen molar-refractivity contribution in [3.05, 3.63) is 101 Å². The van der Waals surface area contributed by atoms with Gasteiger partial charge in [0.2, 0.25) is 0 Å². The fourth-order valence-corrected chi connectivity index (χ4v) is 3.30. The first-order chi connectivity index (χ1) is 11.8. The van der Waals surface area contributed by atoms with E-state index in [4.69, 9.17) is 4.74 Å². The number of ketones is 1. The van der Waals surface area contributed by atoms with Crippen molar-refractivity contribution in [2.24, 2.45) is 0 Å². The van der Waals surface area contributed by atoms with Crippen molar-refractivity contribution in [2.45, 2.75) is 18.9 Å². The summed E-state index contributed by atoms with van der Waals surface area (Å²) in [5.41, 5.74) is 4.22. The van der Waals surface area contributed by atoms with Crippen LogP contribution in [0.1, 0.15) is 39.4 Å². The molecule has 118 valence electrons. The lowest BCUT2D eigenvalue weighted by Crippen LogP contribution is -1.98. The topological polar surface area (TPSA) is 26.3 Å². The van der Waals surface area contributed by atoms with Gasteiger partial charge in [-0.1, -0.05) is 66.7 Å². The quantitative estimate of drug-likeness (QED) is 0.678. The summed E-state index contributed by atoms with van der Waals surface area (Å²) < 4.78 is 5.85. The summed E-state index contributed by atoms with van der Waals surface area (Å²) >= 11 is 0. The van der Waals surface area contributed by atoms with E-state index >= 15 is 0 Å². The second-order valence-electron chi connectivity index (χ2n) is 6.11. The molecule has 1 unspecified atom stereocenters. The second-order valence-corrected chi connectivity index (χ2v) is 6.11. The predicted octanol–water partition coefficient (Wildman–Crippen LogP) is 4.98. The van der Waals surface area contributed by atoms with Crippen LogP contribution < -0.4 is 4.74 Å². The molecule has 0 bridgehead atoms. The zero-order valence-corrected chi connectivity index (χ0v) is 13.3. The molecular weight excluding hydrogens is 296 g/mol. The Morgan fingerprint density at radius 1 is 0.875 bits per heavy atom. The van der Waals surface area contributed by atoms with Crippen LogP contribution in [0.2, 0.25) is 0 Å². The van der Waals surface area contributed by atoms with Gasteiger partial charge >= 0.3 is 0 Å². The van der Waals surface area contributed by atoms with Crippen LogP contribution in [0.15, 0.2) is 78.9 Å². The summed E-state index contributed by atoms with van der Waals surface area (Å²) in [6.07, 6.45) is 0.543. The van der Waals surface area contributed by atoms with Gasteiger partial charge in [0.05, 0.1) is 0 Å². The number of benzene rings is 3. The lowest BCUT2D eigenvalue weighted by Gasteiger charge is -2.12. The molecule has 2 heteroatoms. The number of carbonyl (C=O) groups is 1. The van der Waals surface area contributed by atoms with Crippen LogP contribution in [-0.4, -0.2) is 5.78 Å². The van der Waals surface area contributed by atoms with Gasteiger partial charge < -0.3 is 4.74 Å². The molecule has 0 heterocycles. The first-order valence-corrected chi connectivity index (χ1v) is 8.20. The molecule has 0 saturated heterocycles. The van der Waals surface area contributed by atoms with Crippen LogP contribution in [0, 0.1) is 0 Å². The number of Topliss-reactive ketones (excluding diaryl/α,β-unsaturated/α-hetero) is 1. The monoisotopic (exact) mass is 314 g/mol. The highest BCUT2D eigenvalue weighted by molar-refractivity contribution is 6.02. The minimum absolute atomic E-state index is 0.164. The van der Waals surface area contributed by atoms with Crippen LogP contribution in [0.25, 0.3) is 0 Å². The second kappa shape index (κ2) is 6.32. The van der Waals surface area contributed by atoms with E-state index in [1.807, 2.05) is 66.7 Å². The predicted molar refractivity (Wildman–Crippen MR) is 94.4 cm³/mol. The van der Waals surface area contributed by atoms with Crippen molar-refractivity contribution in [2.75, 3.05) is 0 Å². The van der Waals surface area contributed by atoms with Gasteiger partial charge in [-0.25, -0.2) is 0 Å². The number of hydrogen-bond donors (Lipinski definition) is 0. The highest BCUT2D eigenvalue weighted by Crippen LogP contribution is 2.39. The molecule has 0 N–H and O–H groups in total. The van der Waals surface area contributed by atoms with E-state index in [0.29, 0.717) is 13.0 Å². The Bertz CT molecular complexity index is 854. The number of carbonyl (C=O) groups excluding carboxylic acids is 1. The molecule has 0 aromatic heterocycles. The lowest BCUT2D eigenvalue weighted by molar-refractivity contribution is 0.0991. The minimum Gasteiger partial charge on any atom is -0.489 e. The van der Waals surface area contributed by atoms with Crippen molar-refractivity contribution in [3.8, 4) is 5.75 Å². The standard InChI is InChI=1S/C22H18O2/c23-22-14-20(17-9-5-2-6-10-17)19-12-11-18(13-21(19)22)24-15-16-7-3-1-4-8-16/h1-13,20H,14-15H2. The third-order valence-electron chi connectivity index (χ3n) is 4.54. The molecule has 0 fully saturated rings. The molecule has 3 aromatic rings. The zero-order chi connectivity index (χ0) is 16.4. The van der Waals surface area contributed by atoms with Crippen molar-refractivity contribution < 1.29 is 9.53 Å². The normalized spacial score (nSPS) is 16.0. The van der Waals surface area contributed by atoms with Gasteiger partial charge in [0.25, 0.3) is 0 Å². The van der Waals surface area contributed by atoms with Crippen LogP contribution in [0.3, 0.4) is 0 Å². The summed E-state index contributed by atoms with van der Waals surface area (Å²) in [6, 6.07) is 26.2. The van der Waals surface area contributed by atoms with Gasteiger partial charge in [0.15, 0.2) is 5.78 Å². The molecule has 0 aliphatic heterocycles. The van der Waals surface area contributed by atoms with Crippen molar-refractivity contribution >= 4 is 5.78 Å². The van der Waals surface area contributed by atoms with E-state index in [9.17, 15) is 4.79 Å². The van der Waals surface area contributed by atoms with Gasteiger partial charge in [0.1, 0.15) is 12.4 Å². The third kappa shape index (κ3) is 2.83. The van der Waals surface area contributed by atoms with Crippen LogP contribution in [-0.2, 0) is 6.61 Å². The van der Waals surface area contributed by atoms with Crippen molar-refractivity contribution in [1.82, 2.24) is 0 Å². The maximum atomic E-state index is 12.4. The molecule has 0 spiro atoms. The first-order valence-electron chi connectivity index (χ1n) is 8.20. The van der Waals surface area contributed by atoms with E-state index in [-0.39, 0.29) is 11.7 Å². The summed E-state index contributed by atoms with van der Waals surface area (Å²) in [5.74, 6) is 1.11. The lowest BCUT2D eigenvalue weighted by atomic mass is 9.93. The highest BCUT2D eigenvalue weighted by atomic mass is 16.5. The number of fused-ring (bicyclic) bond motifs is 1. The largest absolute Gasteiger partial charge is 0.489 e. The Hall–Kier alpha value is -2.87. The van der Waals surface area contributed by atoms with E-state index in [1.165, 1.54) is 5.56 Å². The van der Waals surface area contributed by atoms with Gasteiger partial charge in [-0.2, -0.15) is 0 Å². The summed E-state index contributed by atoms with van der Waals surface area (Å²) in [4.78, 5) is 12.4. The molecular formula is C22H18O2. The maximum Gasteiger partial charge on any atom is 0.164 e. The van der Waals surface area contributed by atoms with Crippen LogP contribution in [0.4, 0.5) is 0 Å². The Morgan fingerprint density at radius 3 is 2.33 bits per heavy atom. The minimum atomic E-state index is 0.164. The van der Waals surface area contributed by atoms with Crippen molar-refractivity contribution in [1.29, 1.82) is 0 Å². The molecule has 3 aromatic carbocycles. The molecule has 24 heavy (non-hydrogen) atoms. The SMILES string of the molecule is O=C1CC(c2ccccc2)c2ccc(OCc3ccccc3)cc21. The molecule has 0 saturated carbocycles. The van der Waals surface area contributed by atoms with E-state index < -0.39 is 0 Å². The van der Waals surface area contributed by atoms with Gasteiger partial charge in [-0.05, 0) is 28.8 Å². The highest BCUT2D eigenvalue weighted by Gasteiger charge is 2.30. The Balaban J connectivity index is 1.57. The average Bonchev–Trinajstić information content (AvgIpc) is 2.98. The fraction of sp³-hybridized carbons (Fsp3) is 0.136. The van der Waals surface area contributed by atoms with Gasteiger partial charge in [-0.15, -0.1) is 0 Å². The molecule has 1 atom stereocenters. The Morgan fingerprint density at radius 2 is 1.58 bits per heavy atom. The molecule has 0 amide bonds. The van der Waals surface area contributed by atoms with E-state index in [2.05, 4.69) is 12.1 Å². The number of ether oxygens (including phenoxy) is 1. The fourth-order valence-electron chi connectivity index (χ4n) is 3.30. The smallest absolute Gasteiger partial charge is 0.164 e. The third-order valence-corrected chi connectivity index (χ3v) is 4.54. The molecule has 0 radical (unpaired) electrons. The van der Waals surface area contributed by atoms with Crippen LogP contribution >= 0.6 is 0 Å². The van der Waals surface area contributed by atoms with Crippen molar-refractivity contribution in [3.63, 3.8) is 0 Å². The average molecular weight is 314 g/mol. The molecule has 1 aliphatic carbocycles. The molecule has 1 aliphatic rings. The first kappa shape index (κ1) is 14.7. The molecule has 2 nitrogen and oxygen atoms in total. The van der Waals surface area contributed by atoms with Gasteiger partial charge in [-0.3, -0.25) is 4.79 Å². The maximum absolute atomic E-state index is 12.4. The summed E-state index contributed by atoms with van der Waals surface area (Å²) in [7, 11) is 0. The van der Waals surface area contributed by atoms with Crippen LogP contribution in [0.5, 0.6) is 5.75 Å². The number of rotatable bonds is 4. The van der Waals surface area contributed by atoms with E-state index in [0.717, 1.165) is 22.4 Å². The molecule has 4 rings (SSSR count). The Labute approximate surface area is 141 Å². The van der Waals surface area contributed by atoms with Gasteiger partial charge in [0, 0.05) is 17.9 Å². The van der Waals surface area contributed by atoms with E-state index in [1.54, 1.807) is 0 Å². The summed E-state index contributed by atoms with van der Waals surface area (Å²) in [5, 5.41) is 0. The number of hydrogen-bond acceptors (Lipinski definition) is 2. The Kier molecular flexibility index (Phi) is 3.87. The zero-order valence-electron chi connectivity index (χ0n) is 13.3. The summed E-state index contributed by atoms with van der Waals surface area (Å²) in [6.45, 7) is 0.510.